The van der Waals surface area contributed by atoms with Gasteiger partial charge >= 0.3 is 6.03 Å². The van der Waals surface area contributed by atoms with E-state index in [0.717, 1.165) is 50.9 Å². The molecule has 0 spiro atoms. The van der Waals surface area contributed by atoms with E-state index in [-0.39, 0.29) is 18.2 Å². The fourth-order valence-corrected chi connectivity index (χ4v) is 5.24. The van der Waals surface area contributed by atoms with Crippen molar-refractivity contribution in [3.8, 4) is 0 Å². The number of hydrogen-bond donors (Lipinski definition) is 2. The first-order valence-electron chi connectivity index (χ1n) is 11.9. The summed E-state index contributed by atoms with van der Waals surface area (Å²) in [6, 6.07) is 7.56. The molecule has 0 bridgehead atoms. The smallest absolute Gasteiger partial charge is 0.330 e. The lowest BCUT2D eigenvalue weighted by Gasteiger charge is -2.37. The van der Waals surface area contributed by atoms with Crippen molar-refractivity contribution in [2.75, 3.05) is 41.3 Å². The number of likely N-dealkylation sites (tertiary alicyclic amines) is 1. The highest BCUT2D eigenvalue weighted by Gasteiger charge is 2.34. The number of anilines is 3. The fourth-order valence-electron chi connectivity index (χ4n) is 5.00. The van der Waals surface area contributed by atoms with Gasteiger partial charge in [-0.3, -0.25) is 9.80 Å². The van der Waals surface area contributed by atoms with Crippen molar-refractivity contribution in [2.45, 2.75) is 57.2 Å². The van der Waals surface area contributed by atoms with Crippen LogP contribution in [-0.2, 0) is 6.54 Å². The average molecular weight is 471 g/mol. The third-order valence-corrected chi connectivity index (χ3v) is 7.22. The molecular formula is C24H31ClN6O2. The monoisotopic (exact) mass is 470 g/mol. The van der Waals surface area contributed by atoms with Gasteiger partial charge in [0, 0.05) is 30.9 Å². The first-order valence-corrected chi connectivity index (χ1v) is 12.3. The molecule has 1 aliphatic carbocycles. The number of aliphatic hydroxyl groups is 1. The van der Waals surface area contributed by atoms with Gasteiger partial charge in [-0.25, -0.2) is 9.78 Å². The molecule has 1 aromatic heterocycles. The molecule has 3 heterocycles. The highest BCUT2D eigenvalue weighted by atomic mass is 35.5. The van der Waals surface area contributed by atoms with Gasteiger partial charge in [0.25, 0.3) is 0 Å². The molecule has 3 aliphatic rings. The van der Waals surface area contributed by atoms with E-state index in [0.29, 0.717) is 35.6 Å². The third-order valence-electron chi connectivity index (χ3n) is 6.90. The van der Waals surface area contributed by atoms with Crippen molar-refractivity contribution in [3.05, 3.63) is 41.0 Å². The van der Waals surface area contributed by atoms with Crippen LogP contribution >= 0.6 is 11.6 Å². The van der Waals surface area contributed by atoms with E-state index in [1.165, 1.54) is 12.8 Å². The van der Waals surface area contributed by atoms with E-state index < -0.39 is 0 Å². The number of halogens is 1. The minimum atomic E-state index is -0.206. The van der Waals surface area contributed by atoms with Crippen molar-refractivity contribution in [1.29, 1.82) is 0 Å². The van der Waals surface area contributed by atoms with E-state index in [9.17, 15) is 9.90 Å². The predicted molar refractivity (Wildman–Crippen MR) is 130 cm³/mol. The Hall–Kier alpha value is -2.42. The minimum Gasteiger partial charge on any atom is -0.393 e. The van der Waals surface area contributed by atoms with Gasteiger partial charge in [0.2, 0.25) is 5.95 Å². The average Bonchev–Trinajstić information content (AvgIpc) is 3.34. The van der Waals surface area contributed by atoms with Crippen LogP contribution in [0.4, 0.5) is 22.2 Å². The Bertz CT molecular complexity index is 991. The molecular weight excluding hydrogens is 440 g/mol. The van der Waals surface area contributed by atoms with Crippen molar-refractivity contribution in [1.82, 2.24) is 14.9 Å². The second-order valence-electron chi connectivity index (χ2n) is 9.21. The largest absolute Gasteiger partial charge is 0.393 e. The van der Waals surface area contributed by atoms with E-state index >= 15 is 0 Å². The summed E-state index contributed by atoms with van der Waals surface area (Å²) in [7, 11) is 0. The zero-order chi connectivity index (χ0) is 22.8. The Kier molecular flexibility index (Phi) is 6.66. The second-order valence-corrected chi connectivity index (χ2v) is 9.62. The number of carbonyl (C=O) groups is 1. The number of nitrogens with zero attached hydrogens (tertiary/aromatic N) is 5. The van der Waals surface area contributed by atoms with Crippen LogP contribution in [-0.4, -0.2) is 64.3 Å². The van der Waals surface area contributed by atoms with Gasteiger partial charge in [0.15, 0.2) is 0 Å². The van der Waals surface area contributed by atoms with Crippen LogP contribution in [0.1, 0.15) is 44.1 Å². The number of aromatic nitrogens is 2. The summed E-state index contributed by atoms with van der Waals surface area (Å²) in [4.78, 5) is 28.9. The van der Waals surface area contributed by atoms with Crippen molar-refractivity contribution < 1.29 is 9.90 Å². The topological polar surface area (TPSA) is 84.8 Å². The highest BCUT2D eigenvalue weighted by Crippen LogP contribution is 2.34. The van der Waals surface area contributed by atoms with Crippen LogP contribution in [0.15, 0.2) is 30.5 Å². The molecule has 176 valence electrons. The lowest BCUT2D eigenvalue weighted by Crippen LogP contribution is -2.50. The summed E-state index contributed by atoms with van der Waals surface area (Å²) in [6.07, 6.45) is 7.39. The summed E-state index contributed by atoms with van der Waals surface area (Å²) >= 11 is 6.44. The SMILES string of the molecule is O=C1N(c2ccccc2Cl)Cc2cnc(N[C@H]3CC[C@H](O)CC3)nc2N1CCN1CCCC1. The van der Waals surface area contributed by atoms with Crippen LogP contribution in [0.5, 0.6) is 0 Å². The van der Waals surface area contributed by atoms with Crippen LogP contribution < -0.4 is 15.1 Å². The highest BCUT2D eigenvalue weighted by molar-refractivity contribution is 6.34. The Balaban J connectivity index is 1.41. The molecule has 2 amide bonds. The Morgan fingerprint density at radius 1 is 1.09 bits per heavy atom. The number of carbonyl (C=O) groups excluding carboxylic acids is 1. The molecule has 8 nitrogen and oxygen atoms in total. The quantitative estimate of drug-likeness (QED) is 0.666. The summed E-state index contributed by atoms with van der Waals surface area (Å²) < 4.78 is 0. The van der Waals surface area contributed by atoms with Crippen molar-refractivity contribution >= 4 is 35.1 Å². The first-order chi connectivity index (χ1) is 16.1. The number of aliphatic hydroxyl groups excluding tert-OH is 1. The second kappa shape index (κ2) is 9.83. The number of hydrogen-bond acceptors (Lipinski definition) is 6. The van der Waals surface area contributed by atoms with Gasteiger partial charge < -0.3 is 15.3 Å². The van der Waals surface area contributed by atoms with Gasteiger partial charge in [0.1, 0.15) is 5.82 Å². The van der Waals surface area contributed by atoms with Crippen LogP contribution in [0.25, 0.3) is 0 Å². The van der Waals surface area contributed by atoms with Gasteiger partial charge in [-0.05, 0) is 63.7 Å². The molecule has 0 radical (unpaired) electrons. The molecule has 2 fully saturated rings. The summed E-state index contributed by atoms with van der Waals surface area (Å²) in [5.41, 5.74) is 1.60. The van der Waals surface area contributed by atoms with Crippen molar-refractivity contribution in [3.63, 3.8) is 0 Å². The molecule has 2 aliphatic heterocycles. The van der Waals surface area contributed by atoms with E-state index in [4.69, 9.17) is 16.6 Å². The zero-order valence-electron chi connectivity index (χ0n) is 18.8. The lowest BCUT2D eigenvalue weighted by molar-refractivity contribution is 0.126. The maximum Gasteiger partial charge on any atom is 0.330 e. The molecule has 1 saturated carbocycles. The molecule has 9 heteroatoms. The van der Waals surface area contributed by atoms with Gasteiger partial charge in [-0.15, -0.1) is 0 Å². The maximum absolute atomic E-state index is 13.6. The Morgan fingerprint density at radius 2 is 1.85 bits per heavy atom. The Morgan fingerprint density at radius 3 is 2.61 bits per heavy atom. The molecule has 1 aromatic carbocycles. The lowest BCUT2D eigenvalue weighted by atomic mass is 9.93. The minimum absolute atomic E-state index is 0.111. The number of urea groups is 1. The summed E-state index contributed by atoms with van der Waals surface area (Å²) in [5.74, 6) is 1.22. The van der Waals surface area contributed by atoms with Crippen molar-refractivity contribution in [2.24, 2.45) is 0 Å². The normalized spacial score (nSPS) is 23.6. The van der Waals surface area contributed by atoms with Gasteiger partial charge in [0.05, 0.1) is 23.4 Å². The number of rotatable bonds is 6. The third kappa shape index (κ3) is 4.93. The predicted octanol–water partition coefficient (Wildman–Crippen LogP) is 3.89. The zero-order valence-corrected chi connectivity index (χ0v) is 19.5. The summed E-state index contributed by atoms with van der Waals surface area (Å²) in [6.45, 7) is 3.92. The summed E-state index contributed by atoms with van der Waals surface area (Å²) in [5, 5.41) is 13.7. The standard InChI is InChI=1S/C24H31ClN6O2/c25-20-5-1-2-6-21(20)31-16-17-15-26-23(27-18-7-9-19(32)10-8-18)28-22(17)30(24(31)33)14-13-29-11-3-4-12-29/h1-2,5-6,15,18-19,32H,3-4,7-14,16H2,(H,26,27,28)/t18-,19-. The number of fused-ring (bicyclic) bond motifs is 1. The molecule has 33 heavy (non-hydrogen) atoms. The molecule has 2 aromatic rings. The number of amides is 2. The van der Waals surface area contributed by atoms with Gasteiger partial charge in [-0.2, -0.15) is 4.98 Å². The number of nitrogens with one attached hydrogen (secondary N) is 1. The fraction of sp³-hybridized carbons (Fsp3) is 0.542. The maximum atomic E-state index is 13.6. The Labute approximate surface area is 199 Å². The molecule has 1 saturated heterocycles. The number of para-hydroxylation sites is 1. The van der Waals surface area contributed by atoms with E-state index in [1.54, 1.807) is 15.9 Å². The molecule has 0 atom stereocenters. The van der Waals surface area contributed by atoms with Crippen LogP contribution in [0.3, 0.4) is 0 Å². The van der Waals surface area contributed by atoms with Gasteiger partial charge in [-0.1, -0.05) is 23.7 Å². The van der Waals surface area contributed by atoms with Crippen LogP contribution in [0.2, 0.25) is 5.02 Å². The number of benzene rings is 1. The van der Waals surface area contributed by atoms with E-state index in [2.05, 4.69) is 15.2 Å². The van der Waals surface area contributed by atoms with Crippen LogP contribution in [0, 0.1) is 0 Å². The molecule has 5 rings (SSSR count). The molecule has 2 N–H and O–H groups in total. The first kappa shape index (κ1) is 22.4. The van der Waals surface area contributed by atoms with E-state index in [1.807, 2.05) is 24.4 Å². The molecule has 0 unspecified atom stereocenters.